The minimum atomic E-state index is 0. The van der Waals surface area contributed by atoms with Gasteiger partial charge in [0.05, 0.1) is 26.7 Å². The summed E-state index contributed by atoms with van der Waals surface area (Å²) in [5, 5.41) is 3.84. The van der Waals surface area contributed by atoms with Crippen LogP contribution >= 0.6 is 11.6 Å². The van der Waals surface area contributed by atoms with E-state index in [9.17, 15) is 9.59 Å². The molecule has 2 aromatic rings. The highest BCUT2D eigenvalue weighted by molar-refractivity contribution is 6.31. The maximum Gasteiger partial charge on any atom is 0.238 e. The van der Waals surface area contributed by atoms with Crippen LogP contribution in [0.1, 0.15) is 87.5 Å². The highest BCUT2D eigenvalue weighted by Gasteiger charge is 2.24. The molecular weight excluding hydrogens is 610 g/mol. The Morgan fingerprint density at radius 2 is 1.40 bits per heavy atom. The normalized spacial score (nSPS) is 12.6. The summed E-state index contributed by atoms with van der Waals surface area (Å²) < 4.78 is 0.790. The van der Waals surface area contributed by atoms with Crippen molar-refractivity contribution in [2.75, 3.05) is 51.6 Å². The maximum atomic E-state index is 12.9. The highest BCUT2D eigenvalue weighted by atomic mass is 79.9. The Kier molecular flexibility index (Phi) is 18.5. The van der Waals surface area contributed by atoms with E-state index in [2.05, 4.69) is 31.1 Å². The molecule has 1 amide bonds. The van der Waals surface area contributed by atoms with E-state index in [0.29, 0.717) is 24.5 Å². The van der Waals surface area contributed by atoms with Crippen LogP contribution in [0.15, 0.2) is 36.4 Å². The largest absolute Gasteiger partial charge is 1.00 e. The minimum Gasteiger partial charge on any atom is -1.00 e. The molecule has 5 nitrogen and oxygen atoms in total. The molecule has 0 spiro atoms. The number of carbonyl (C=O) groups excluding carboxylic acids is 2. The summed E-state index contributed by atoms with van der Waals surface area (Å²) in [5.74, 6) is 0.344. The van der Waals surface area contributed by atoms with Gasteiger partial charge in [-0.05, 0) is 94.8 Å². The maximum absolute atomic E-state index is 12.9. The summed E-state index contributed by atoms with van der Waals surface area (Å²) in [6, 6.07) is 11.9. The van der Waals surface area contributed by atoms with E-state index in [1.54, 1.807) is 0 Å². The third kappa shape index (κ3) is 13.7. The first-order chi connectivity index (χ1) is 19.6. The number of aryl methyl sites for hydroxylation is 3. The zero-order chi connectivity index (χ0) is 30.3. The molecule has 0 aliphatic carbocycles. The molecule has 0 fully saturated rings. The van der Waals surface area contributed by atoms with Crippen molar-refractivity contribution in [1.82, 2.24) is 4.90 Å². The Balaban J connectivity index is 0.00000882. The number of ketones is 1. The van der Waals surface area contributed by atoms with Crippen molar-refractivity contribution < 1.29 is 31.1 Å². The second kappa shape index (κ2) is 20.3. The number of nitrogens with one attached hydrogen (secondary N) is 1. The smallest absolute Gasteiger partial charge is 0.238 e. The predicted molar refractivity (Wildman–Crippen MR) is 175 cm³/mol. The van der Waals surface area contributed by atoms with Crippen LogP contribution in [0.2, 0.25) is 5.02 Å². The number of unbranched alkanes of at least 4 members (excludes halogenated alkanes) is 6. The van der Waals surface area contributed by atoms with Gasteiger partial charge >= 0.3 is 0 Å². The van der Waals surface area contributed by atoms with E-state index in [1.807, 2.05) is 57.2 Å². The first kappa shape index (κ1) is 38.3. The summed E-state index contributed by atoms with van der Waals surface area (Å²) in [6.45, 7) is 15.4. The summed E-state index contributed by atoms with van der Waals surface area (Å²) in [4.78, 5) is 28.0. The molecule has 0 radical (unpaired) electrons. The monoisotopic (exact) mass is 663 g/mol. The number of hydrogen-bond acceptors (Lipinski definition) is 3. The number of anilines is 1. The van der Waals surface area contributed by atoms with Crippen LogP contribution in [0, 0.1) is 20.8 Å². The number of amides is 1. The highest BCUT2D eigenvalue weighted by Crippen LogP contribution is 2.21. The quantitative estimate of drug-likeness (QED) is 0.161. The molecule has 0 aliphatic rings. The minimum absolute atomic E-state index is 0. The predicted octanol–water partition coefficient (Wildman–Crippen LogP) is 4.93. The lowest BCUT2D eigenvalue weighted by Crippen LogP contribution is -3.00. The van der Waals surface area contributed by atoms with E-state index >= 15 is 0 Å². The molecule has 0 saturated carbocycles. The zero-order valence-corrected chi connectivity index (χ0v) is 29.4. The van der Waals surface area contributed by atoms with E-state index in [1.165, 1.54) is 25.7 Å². The number of Topliss-reactive ketones (excluding diaryl/α,β-unsaturated/α-hetero) is 1. The third-order valence-electron chi connectivity index (χ3n) is 8.41. The van der Waals surface area contributed by atoms with Crippen LogP contribution in [0.5, 0.6) is 0 Å². The molecule has 1 N–H and O–H groups in total. The van der Waals surface area contributed by atoms with Crippen LogP contribution in [-0.4, -0.2) is 67.4 Å². The molecule has 0 saturated heterocycles. The van der Waals surface area contributed by atoms with Crippen molar-refractivity contribution in [1.29, 1.82) is 0 Å². The van der Waals surface area contributed by atoms with Crippen LogP contribution in [-0.2, 0) is 16.0 Å². The molecule has 236 valence electrons. The Morgan fingerprint density at radius 3 is 2.02 bits per heavy atom. The number of likely N-dealkylation sites (N-methyl/N-ethyl adjacent to an activating group) is 1. The van der Waals surface area contributed by atoms with Gasteiger partial charge in [-0.2, -0.15) is 0 Å². The number of nitrogens with zero attached hydrogens (tertiary/aromatic N) is 2. The fraction of sp³-hybridized carbons (Fsp3) is 0.600. The van der Waals surface area contributed by atoms with Gasteiger partial charge in [0.2, 0.25) is 5.91 Å². The molecular formula is C35H55BrClN3O2. The standard InChI is InChI=1S/C35H54ClN3O2.BrH/c1-7-9-22-38(26-34(41)37-35-29(4)19-16-20-30(35)5)23-14-12-10-11-13-15-24-39(6,8-2)27-31(40)25-32-28(3)18-17-21-33(32)36;/h16-21H,7-15,22-27H2,1-6H3;1H. The first-order valence-electron chi connectivity index (χ1n) is 15.8. The second-order valence-corrected chi connectivity index (χ2v) is 12.5. The molecule has 42 heavy (non-hydrogen) atoms. The molecule has 2 rings (SSSR count). The summed E-state index contributed by atoms with van der Waals surface area (Å²) in [6.07, 6.45) is 9.77. The molecule has 0 heterocycles. The summed E-state index contributed by atoms with van der Waals surface area (Å²) in [5.41, 5.74) is 5.22. The Labute approximate surface area is 271 Å². The van der Waals surface area contributed by atoms with Crippen molar-refractivity contribution in [3.05, 3.63) is 63.7 Å². The summed E-state index contributed by atoms with van der Waals surface area (Å²) in [7, 11) is 2.21. The van der Waals surface area contributed by atoms with E-state index in [4.69, 9.17) is 11.6 Å². The number of halogens is 2. The molecule has 1 atom stereocenters. The van der Waals surface area contributed by atoms with Gasteiger partial charge in [0.25, 0.3) is 0 Å². The van der Waals surface area contributed by atoms with Crippen molar-refractivity contribution in [2.45, 2.75) is 92.4 Å². The number of benzene rings is 2. The zero-order valence-electron chi connectivity index (χ0n) is 27.0. The fourth-order valence-electron chi connectivity index (χ4n) is 5.50. The lowest BCUT2D eigenvalue weighted by Gasteiger charge is -2.33. The molecule has 0 bridgehead atoms. The summed E-state index contributed by atoms with van der Waals surface area (Å²) >= 11 is 6.36. The molecule has 7 heteroatoms. The second-order valence-electron chi connectivity index (χ2n) is 12.1. The molecule has 1 unspecified atom stereocenters. The number of quaternary nitrogens is 1. The van der Waals surface area contributed by atoms with Crippen LogP contribution in [0.3, 0.4) is 0 Å². The number of hydrogen-bond donors (Lipinski definition) is 1. The first-order valence-corrected chi connectivity index (χ1v) is 16.1. The van der Waals surface area contributed by atoms with E-state index < -0.39 is 0 Å². The molecule has 0 aromatic heterocycles. The average Bonchev–Trinajstić information content (AvgIpc) is 2.92. The van der Waals surface area contributed by atoms with Gasteiger partial charge in [0.15, 0.2) is 5.78 Å². The van der Waals surface area contributed by atoms with Gasteiger partial charge in [-0.15, -0.1) is 0 Å². The third-order valence-corrected chi connectivity index (χ3v) is 8.77. The van der Waals surface area contributed by atoms with Gasteiger partial charge in [0.1, 0.15) is 6.54 Å². The molecule has 0 aliphatic heterocycles. The van der Waals surface area contributed by atoms with Crippen molar-refractivity contribution in [3.63, 3.8) is 0 Å². The number of carbonyl (C=O) groups is 2. The number of para-hydroxylation sites is 1. The molecule has 2 aromatic carbocycles. The fourth-order valence-corrected chi connectivity index (χ4v) is 5.79. The topological polar surface area (TPSA) is 49.4 Å². The van der Waals surface area contributed by atoms with Crippen molar-refractivity contribution in [2.24, 2.45) is 0 Å². The van der Waals surface area contributed by atoms with Crippen LogP contribution in [0.4, 0.5) is 5.69 Å². The number of rotatable bonds is 20. The van der Waals surface area contributed by atoms with Crippen molar-refractivity contribution >= 4 is 29.0 Å². The Hall–Kier alpha value is -1.73. The van der Waals surface area contributed by atoms with Crippen molar-refractivity contribution in [3.8, 4) is 0 Å². The van der Waals surface area contributed by atoms with Crippen LogP contribution in [0.25, 0.3) is 0 Å². The van der Waals surface area contributed by atoms with Gasteiger partial charge in [-0.3, -0.25) is 14.5 Å². The van der Waals surface area contributed by atoms with Crippen LogP contribution < -0.4 is 22.3 Å². The van der Waals surface area contributed by atoms with E-state index in [0.717, 1.165) is 84.3 Å². The lowest BCUT2D eigenvalue weighted by molar-refractivity contribution is -0.900. The SMILES string of the molecule is CCCCN(CCCCCCCC[N+](C)(CC)CC(=O)Cc1c(C)cccc1Cl)CC(=O)Nc1c(C)cccc1C.[Br-]. The lowest BCUT2D eigenvalue weighted by atomic mass is 10.0. The van der Waals surface area contributed by atoms with E-state index in [-0.39, 0.29) is 28.7 Å². The van der Waals surface area contributed by atoms with Gasteiger partial charge < -0.3 is 26.8 Å². The van der Waals surface area contributed by atoms with Gasteiger partial charge in [-0.1, -0.05) is 74.5 Å². The average molecular weight is 665 g/mol. The Bertz CT molecular complexity index is 1070. The van der Waals surface area contributed by atoms with Gasteiger partial charge in [-0.25, -0.2) is 0 Å². The van der Waals surface area contributed by atoms with Gasteiger partial charge in [0, 0.05) is 17.1 Å². The Morgan fingerprint density at radius 1 is 0.833 bits per heavy atom.